The molecule has 0 saturated carbocycles. The summed E-state index contributed by atoms with van der Waals surface area (Å²) < 4.78 is 7.62. The van der Waals surface area contributed by atoms with Crippen LogP contribution in [-0.2, 0) is 11.3 Å². The van der Waals surface area contributed by atoms with E-state index >= 15 is 0 Å². The van der Waals surface area contributed by atoms with Crippen LogP contribution in [0.2, 0.25) is 0 Å². The lowest BCUT2D eigenvalue weighted by Gasteiger charge is -2.23. The van der Waals surface area contributed by atoms with E-state index in [1.807, 2.05) is 48.7 Å². The molecule has 0 unspecified atom stereocenters. The summed E-state index contributed by atoms with van der Waals surface area (Å²) in [7, 11) is 0. The molecule has 0 amide bonds. The summed E-state index contributed by atoms with van der Waals surface area (Å²) in [6.45, 7) is 1.98. The van der Waals surface area contributed by atoms with E-state index in [0.29, 0.717) is 18.7 Å². The lowest BCUT2D eigenvalue weighted by molar-refractivity contribution is 0.110. The van der Waals surface area contributed by atoms with Crippen LogP contribution in [0.3, 0.4) is 0 Å². The number of anilines is 1. The smallest absolute Gasteiger partial charge is 0.177 e. The molecule has 124 valence electrons. The van der Waals surface area contributed by atoms with Crippen molar-refractivity contribution in [1.29, 1.82) is 5.26 Å². The molecule has 6 heteroatoms. The molecule has 1 aliphatic rings. The zero-order chi connectivity index (χ0) is 17.1. The molecule has 1 fully saturated rings. The Morgan fingerprint density at radius 1 is 1.12 bits per heavy atom. The van der Waals surface area contributed by atoms with Crippen molar-refractivity contribution in [1.82, 2.24) is 15.0 Å². The average Bonchev–Trinajstić information content (AvgIpc) is 3.32. The largest absolute Gasteiger partial charge is 0.350 e. The van der Waals surface area contributed by atoms with Crippen LogP contribution in [0.1, 0.15) is 23.0 Å². The molecule has 25 heavy (non-hydrogen) atoms. The molecule has 4 rings (SSSR count). The summed E-state index contributed by atoms with van der Waals surface area (Å²) in [6.07, 6.45) is 1.66. The fourth-order valence-electron chi connectivity index (χ4n) is 3.04. The number of rotatable bonds is 4. The Kier molecular flexibility index (Phi) is 4.15. The first-order valence-corrected chi connectivity index (χ1v) is 8.16. The van der Waals surface area contributed by atoms with E-state index in [4.69, 9.17) is 4.74 Å². The van der Waals surface area contributed by atoms with Gasteiger partial charge in [0, 0.05) is 12.2 Å². The molecular formula is C19H17N5O. The zero-order valence-corrected chi connectivity index (χ0v) is 13.6. The number of nitrogens with zero attached hydrogens (tertiary/aromatic N) is 5. The van der Waals surface area contributed by atoms with Gasteiger partial charge in [0.25, 0.3) is 0 Å². The highest BCUT2D eigenvalue weighted by molar-refractivity contribution is 5.48. The Bertz CT molecular complexity index is 899. The summed E-state index contributed by atoms with van der Waals surface area (Å²) in [4.78, 5) is 2.18. The molecule has 2 heterocycles. The monoisotopic (exact) mass is 331 g/mol. The minimum absolute atomic E-state index is 0.234. The number of ether oxygens (including phenoxy) is 1. The molecule has 3 aromatic rings. The van der Waals surface area contributed by atoms with E-state index in [0.717, 1.165) is 23.5 Å². The molecular weight excluding hydrogens is 314 g/mol. The van der Waals surface area contributed by atoms with E-state index < -0.39 is 0 Å². The first kappa shape index (κ1) is 15.4. The third kappa shape index (κ3) is 3.10. The number of nitriles is 1. The van der Waals surface area contributed by atoms with Gasteiger partial charge in [0.1, 0.15) is 5.69 Å². The van der Waals surface area contributed by atoms with Crippen LogP contribution >= 0.6 is 0 Å². The van der Waals surface area contributed by atoms with Gasteiger partial charge >= 0.3 is 0 Å². The predicted octanol–water partition coefficient (Wildman–Crippen LogP) is 2.73. The van der Waals surface area contributed by atoms with Gasteiger partial charge in [-0.3, -0.25) is 0 Å². The van der Waals surface area contributed by atoms with E-state index in [1.54, 1.807) is 4.68 Å². The maximum Gasteiger partial charge on any atom is 0.177 e. The second-order valence-corrected chi connectivity index (χ2v) is 5.86. The van der Waals surface area contributed by atoms with Crippen molar-refractivity contribution < 1.29 is 4.74 Å². The second kappa shape index (κ2) is 6.75. The van der Waals surface area contributed by atoms with E-state index in [2.05, 4.69) is 33.4 Å². The minimum atomic E-state index is -0.234. The molecule has 6 nitrogen and oxygen atoms in total. The van der Waals surface area contributed by atoms with Gasteiger partial charge in [-0.1, -0.05) is 41.6 Å². The van der Waals surface area contributed by atoms with Gasteiger partial charge in [0.2, 0.25) is 0 Å². The maximum atomic E-state index is 9.21. The van der Waals surface area contributed by atoms with Gasteiger partial charge in [-0.25, -0.2) is 4.68 Å². The second-order valence-electron chi connectivity index (χ2n) is 5.86. The molecule has 1 atom stereocenters. The molecule has 0 aliphatic carbocycles. The van der Waals surface area contributed by atoms with Gasteiger partial charge in [0.05, 0.1) is 31.0 Å². The Hall–Kier alpha value is -3.17. The van der Waals surface area contributed by atoms with Gasteiger partial charge in [-0.05, 0) is 23.8 Å². The molecule has 0 radical (unpaired) electrons. The fourth-order valence-corrected chi connectivity index (χ4v) is 3.04. The fraction of sp³-hybridized carbons (Fsp3) is 0.211. The van der Waals surface area contributed by atoms with Crippen molar-refractivity contribution in [3.8, 4) is 6.07 Å². The van der Waals surface area contributed by atoms with Gasteiger partial charge in [0.15, 0.2) is 6.23 Å². The number of hydrogen-bond acceptors (Lipinski definition) is 5. The van der Waals surface area contributed by atoms with Crippen LogP contribution in [0.25, 0.3) is 0 Å². The molecule has 1 aromatic heterocycles. The number of hydrogen-bond donors (Lipinski definition) is 0. The van der Waals surface area contributed by atoms with Gasteiger partial charge in [-0.2, -0.15) is 5.26 Å². The summed E-state index contributed by atoms with van der Waals surface area (Å²) >= 11 is 0. The third-order valence-electron chi connectivity index (χ3n) is 4.26. The van der Waals surface area contributed by atoms with Crippen molar-refractivity contribution in [2.24, 2.45) is 0 Å². The zero-order valence-electron chi connectivity index (χ0n) is 13.6. The Morgan fingerprint density at radius 3 is 2.76 bits per heavy atom. The van der Waals surface area contributed by atoms with Crippen molar-refractivity contribution in [3.05, 3.63) is 77.6 Å². The van der Waals surface area contributed by atoms with Crippen molar-refractivity contribution in [3.63, 3.8) is 0 Å². The molecule has 0 N–H and O–H groups in total. The number of benzene rings is 2. The summed E-state index contributed by atoms with van der Waals surface area (Å²) in [6, 6.07) is 19.9. The third-order valence-corrected chi connectivity index (χ3v) is 4.26. The summed E-state index contributed by atoms with van der Waals surface area (Å²) in [5.41, 5.74) is 3.46. The summed E-state index contributed by atoms with van der Waals surface area (Å²) in [5, 5.41) is 17.7. The Balaban J connectivity index is 1.56. The topological polar surface area (TPSA) is 67.0 Å². The number of para-hydroxylation sites is 1. The van der Waals surface area contributed by atoms with Crippen LogP contribution in [0.15, 0.2) is 60.8 Å². The van der Waals surface area contributed by atoms with E-state index in [1.165, 1.54) is 0 Å². The van der Waals surface area contributed by atoms with E-state index in [9.17, 15) is 5.26 Å². The lowest BCUT2D eigenvalue weighted by atomic mass is 10.1. The highest BCUT2D eigenvalue weighted by atomic mass is 16.5. The first-order valence-electron chi connectivity index (χ1n) is 8.16. The highest BCUT2D eigenvalue weighted by Gasteiger charge is 2.29. The SMILES string of the molecule is N#Cc1ccccc1Cn1cc([C@@H]2OCCN2c2ccccc2)nn1. The molecule has 0 bridgehead atoms. The molecule has 0 spiro atoms. The number of aromatic nitrogens is 3. The Morgan fingerprint density at radius 2 is 1.92 bits per heavy atom. The standard InChI is InChI=1S/C19H17N5O/c20-12-15-6-4-5-7-16(15)13-23-14-18(21-22-23)19-24(10-11-25-19)17-8-2-1-3-9-17/h1-9,14,19H,10-11,13H2/t19-/m0/s1. The van der Waals surface area contributed by atoms with Gasteiger partial charge in [-0.15, -0.1) is 5.10 Å². The molecule has 1 aliphatic heterocycles. The van der Waals surface area contributed by atoms with Crippen molar-refractivity contribution in [2.75, 3.05) is 18.1 Å². The maximum absolute atomic E-state index is 9.21. The van der Waals surface area contributed by atoms with Crippen molar-refractivity contribution in [2.45, 2.75) is 12.8 Å². The summed E-state index contributed by atoms with van der Waals surface area (Å²) in [5.74, 6) is 0. The lowest BCUT2D eigenvalue weighted by Crippen LogP contribution is -2.23. The van der Waals surface area contributed by atoms with Crippen LogP contribution in [-0.4, -0.2) is 28.1 Å². The van der Waals surface area contributed by atoms with Gasteiger partial charge < -0.3 is 9.64 Å². The average molecular weight is 331 g/mol. The van der Waals surface area contributed by atoms with Crippen LogP contribution in [0, 0.1) is 11.3 Å². The van der Waals surface area contributed by atoms with Crippen LogP contribution in [0.5, 0.6) is 0 Å². The van der Waals surface area contributed by atoms with Crippen LogP contribution in [0.4, 0.5) is 5.69 Å². The minimum Gasteiger partial charge on any atom is -0.350 e. The molecule has 1 saturated heterocycles. The quantitative estimate of drug-likeness (QED) is 0.735. The highest BCUT2D eigenvalue weighted by Crippen LogP contribution is 2.30. The van der Waals surface area contributed by atoms with Crippen LogP contribution < -0.4 is 4.90 Å². The molecule has 2 aromatic carbocycles. The normalized spacial score (nSPS) is 16.8. The first-order chi connectivity index (χ1) is 12.3. The van der Waals surface area contributed by atoms with Crippen molar-refractivity contribution >= 4 is 5.69 Å². The Labute approximate surface area is 145 Å². The van der Waals surface area contributed by atoms with E-state index in [-0.39, 0.29) is 6.23 Å². The predicted molar refractivity (Wildman–Crippen MR) is 92.8 cm³/mol.